The van der Waals surface area contributed by atoms with Crippen LogP contribution < -0.4 is 10.1 Å². The van der Waals surface area contributed by atoms with Crippen LogP contribution in [-0.2, 0) is 6.42 Å². The molecule has 2 amide bonds. The predicted molar refractivity (Wildman–Crippen MR) is 92.0 cm³/mol. The van der Waals surface area contributed by atoms with Crippen LogP contribution in [-0.4, -0.2) is 46.1 Å². The number of carbonyl (C=O) groups excluding carboxylic acids is 1. The first-order valence-electron chi connectivity index (χ1n) is 9.27. The van der Waals surface area contributed by atoms with Crippen molar-refractivity contribution in [1.29, 1.82) is 0 Å². The van der Waals surface area contributed by atoms with Crippen molar-refractivity contribution in [3.63, 3.8) is 0 Å². The smallest absolute Gasteiger partial charge is 0.317 e. The van der Waals surface area contributed by atoms with E-state index in [4.69, 9.17) is 4.74 Å². The molecule has 0 spiro atoms. The number of carbonyl (C=O) groups is 1. The van der Waals surface area contributed by atoms with E-state index < -0.39 is 0 Å². The van der Waals surface area contributed by atoms with Crippen molar-refractivity contribution in [2.24, 2.45) is 0 Å². The minimum atomic E-state index is -0.0247. The first-order valence-corrected chi connectivity index (χ1v) is 9.27. The van der Waals surface area contributed by atoms with Crippen LogP contribution in [0.15, 0.2) is 12.4 Å². The average Bonchev–Trinajstić information content (AvgIpc) is 2.63. The Morgan fingerprint density at radius 3 is 2.67 bits per heavy atom. The summed E-state index contributed by atoms with van der Waals surface area (Å²) in [5, 5.41) is 3.19. The van der Waals surface area contributed by atoms with Gasteiger partial charge in [0.2, 0.25) is 0 Å². The molecule has 2 aliphatic rings. The standard InChI is InChI=1S/C18H28N4O2/c1-2-14-11-19-17(20-12-14)24-16-9-6-10-22(13-16)18(23)21-15-7-4-3-5-8-15/h11-12,15-16H,2-10,13H2,1H3,(H,21,23). The van der Waals surface area contributed by atoms with Gasteiger partial charge in [0.05, 0.1) is 6.54 Å². The minimum Gasteiger partial charge on any atom is -0.458 e. The lowest BCUT2D eigenvalue weighted by Gasteiger charge is -2.34. The van der Waals surface area contributed by atoms with Gasteiger partial charge in [-0.1, -0.05) is 26.2 Å². The van der Waals surface area contributed by atoms with Crippen molar-refractivity contribution in [1.82, 2.24) is 20.2 Å². The minimum absolute atomic E-state index is 0.0247. The summed E-state index contributed by atoms with van der Waals surface area (Å²) in [5.41, 5.74) is 1.10. The zero-order valence-corrected chi connectivity index (χ0v) is 14.5. The van der Waals surface area contributed by atoms with Crippen LogP contribution in [0.3, 0.4) is 0 Å². The van der Waals surface area contributed by atoms with Crippen LogP contribution in [0.5, 0.6) is 6.01 Å². The summed E-state index contributed by atoms with van der Waals surface area (Å²) in [6.45, 7) is 3.48. The molecular formula is C18H28N4O2. The van der Waals surface area contributed by atoms with Crippen LogP contribution >= 0.6 is 0 Å². The van der Waals surface area contributed by atoms with E-state index in [-0.39, 0.29) is 12.1 Å². The molecule has 1 unspecified atom stereocenters. The van der Waals surface area contributed by atoms with Crippen LogP contribution in [0.4, 0.5) is 4.79 Å². The van der Waals surface area contributed by atoms with E-state index in [2.05, 4.69) is 22.2 Å². The third kappa shape index (κ3) is 4.58. The van der Waals surface area contributed by atoms with Crippen LogP contribution in [0.1, 0.15) is 57.4 Å². The van der Waals surface area contributed by atoms with E-state index >= 15 is 0 Å². The Morgan fingerprint density at radius 2 is 1.96 bits per heavy atom. The predicted octanol–water partition coefficient (Wildman–Crippen LogP) is 2.92. The highest BCUT2D eigenvalue weighted by Gasteiger charge is 2.27. The van der Waals surface area contributed by atoms with E-state index in [1.54, 1.807) is 12.4 Å². The van der Waals surface area contributed by atoms with Gasteiger partial charge in [-0.05, 0) is 37.7 Å². The van der Waals surface area contributed by atoms with E-state index in [1.165, 1.54) is 19.3 Å². The molecule has 1 aliphatic carbocycles. The van der Waals surface area contributed by atoms with Crippen molar-refractivity contribution in [2.45, 2.75) is 70.4 Å². The molecule has 1 atom stereocenters. The Hall–Kier alpha value is -1.85. The number of rotatable bonds is 4. The highest BCUT2D eigenvalue weighted by molar-refractivity contribution is 5.74. The lowest BCUT2D eigenvalue weighted by atomic mass is 9.96. The number of aromatic nitrogens is 2. The number of nitrogens with one attached hydrogen (secondary N) is 1. The number of urea groups is 1. The first kappa shape index (κ1) is 17.0. The van der Waals surface area contributed by atoms with Gasteiger partial charge in [-0.3, -0.25) is 0 Å². The van der Waals surface area contributed by atoms with Crippen LogP contribution in [0.25, 0.3) is 0 Å². The first-order chi connectivity index (χ1) is 11.7. The molecule has 1 saturated heterocycles. The second-order valence-electron chi connectivity index (χ2n) is 6.84. The van der Waals surface area contributed by atoms with Gasteiger partial charge in [0.1, 0.15) is 6.10 Å². The number of aryl methyl sites for hydroxylation is 1. The summed E-state index contributed by atoms with van der Waals surface area (Å²) >= 11 is 0. The second kappa shape index (κ2) is 8.31. The summed E-state index contributed by atoms with van der Waals surface area (Å²) in [5.74, 6) is 0. The molecular weight excluding hydrogens is 304 g/mol. The average molecular weight is 332 g/mol. The molecule has 6 nitrogen and oxygen atoms in total. The van der Waals surface area contributed by atoms with Gasteiger partial charge in [0, 0.05) is 25.0 Å². The van der Waals surface area contributed by atoms with Crippen molar-refractivity contribution in [2.75, 3.05) is 13.1 Å². The fraction of sp³-hybridized carbons (Fsp3) is 0.722. The molecule has 0 bridgehead atoms. The third-order valence-corrected chi connectivity index (χ3v) is 4.96. The van der Waals surface area contributed by atoms with E-state index in [0.29, 0.717) is 18.6 Å². The van der Waals surface area contributed by atoms with Crippen molar-refractivity contribution >= 4 is 6.03 Å². The monoisotopic (exact) mass is 332 g/mol. The Kier molecular flexibility index (Phi) is 5.88. The topological polar surface area (TPSA) is 67.3 Å². The third-order valence-electron chi connectivity index (χ3n) is 4.96. The lowest BCUT2D eigenvalue weighted by Crippen LogP contribution is -2.51. The van der Waals surface area contributed by atoms with Gasteiger partial charge < -0.3 is 15.0 Å². The number of piperidine rings is 1. The zero-order valence-electron chi connectivity index (χ0n) is 14.5. The number of hydrogen-bond donors (Lipinski definition) is 1. The largest absolute Gasteiger partial charge is 0.458 e. The molecule has 2 fully saturated rings. The molecule has 132 valence electrons. The highest BCUT2D eigenvalue weighted by atomic mass is 16.5. The Bertz CT molecular complexity index is 528. The molecule has 1 aromatic rings. The maximum atomic E-state index is 12.5. The number of ether oxygens (including phenoxy) is 1. The Morgan fingerprint density at radius 1 is 1.21 bits per heavy atom. The van der Waals surface area contributed by atoms with Gasteiger partial charge >= 0.3 is 12.0 Å². The second-order valence-corrected chi connectivity index (χ2v) is 6.84. The molecule has 6 heteroatoms. The van der Waals surface area contributed by atoms with Crippen LogP contribution in [0.2, 0.25) is 0 Å². The summed E-state index contributed by atoms with van der Waals surface area (Å²) < 4.78 is 5.88. The number of likely N-dealkylation sites (tertiary alicyclic amines) is 1. The fourth-order valence-corrected chi connectivity index (χ4v) is 3.47. The number of nitrogens with zero attached hydrogens (tertiary/aromatic N) is 3. The van der Waals surface area contributed by atoms with Gasteiger partial charge in [0.25, 0.3) is 0 Å². The molecule has 2 heterocycles. The summed E-state index contributed by atoms with van der Waals surface area (Å²) in [4.78, 5) is 22.9. The van der Waals surface area contributed by atoms with Gasteiger partial charge in [0.15, 0.2) is 0 Å². The van der Waals surface area contributed by atoms with Gasteiger partial charge in [-0.15, -0.1) is 0 Å². The molecule has 3 rings (SSSR count). The highest BCUT2D eigenvalue weighted by Crippen LogP contribution is 2.19. The maximum Gasteiger partial charge on any atom is 0.317 e. The summed E-state index contributed by atoms with van der Waals surface area (Å²) in [7, 11) is 0. The number of amides is 2. The van der Waals surface area contributed by atoms with Crippen LogP contribution in [0, 0.1) is 0 Å². The van der Waals surface area contributed by atoms with Crippen molar-refractivity contribution in [3.05, 3.63) is 18.0 Å². The molecule has 1 aliphatic heterocycles. The molecule has 0 radical (unpaired) electrons. The molecule has 1 N–H and O–H groups in total. The Labute approximate surface area is 144 Å². The van der Waals surface area contributed by atoms with E-state index in [0.717, 1.165) is 44.2 Å². The lowest BCUT2D eigenvalue weighted by molar-refractivity contribution is 0.0922. The quantitative estimate of drug-likeness (QED) is 0.920. The Balaban J connectivity index is 1.50. The maximum absolute atomic E-state index is 12.5. The fourth-order valence-electron chi connectivity index (χ4n) is 3.47. The number of hydrogen-bond acceptors (Lipinski definition) is 4. The molecule has 1 aromatic heterocycles. The van der Waals surface area contributed by atoms with Gasteiger partial charge in [-0.2, -0.15) is 0 Å². The molecule has 1 saturated carbocycles. The van der Waals surface area contributed by atoms with E-state index in [9.17, 15) is 4.79 Å². The zero-order chi connectivity index (χ0) is 16.8. The SMILES string of the molecule is CCc1cnc(OC2CCCN(C(=O)NC3CCCCC3)C2)nc1. The van der Waals surface area contributed by atoms with Crippen molar-refractivity contribution < 1.29 is 9.53 Å². The van der Waals surface area contributed by atoms with Crippen molar-refractivity contribution in [3.8, 4) is 6.01 Å². The normalized spacial score (nSPS) is 22.2. The summed E-state index contributed by atoms with van der Waals surface area (Å²) in [6, 6.07) is 0.807. The molecule has 24 heavy (non-hydrogen) atoms. The van der Waals surface area contributed by atoms with Gasteiger partial charge in [-0.25, -0.2) is 14.8 Å². The van der Waals surface area contributed by atoms with E-state index in [1.807, 2.05) is 4.90 Å². The molecule has 0 aromatic carbocycles. The summed E-state index contributed by atoms with van der Waals surface area (Å²) in [6.07, 6.45) is 12.3.